The molecule has 120 valence electrons. The molecule has 3 N–H and O–H groups in total. The summed E-state index contributed by atoms with van der Waals surface area (Å²) < 4.78 is 0. The lowest BCUT2D eigenvalue weighted by atomic mass is 10.0. The normalized spacial score (nSPS) is 24.3. The number of benzene rings is 1. The maximum absolute atomic E-state index is 10.7. The zero-order valence-corrected chi connectivity index (χ0v) is 14.3. The van der Waals surface area contributed by atoms with E-state index in [1.165, 1.54) is 18.4 Å². The highest BCUT2D eigenvalue weighted by molar-refractivity contribution is 7.60. The van der Waals surface area contributed by atoms with Gasteiger partial charge in [0.25, 0.3) is 0 Å². The number of hydrogen-bond donors (Lipinski definition) is 2. The Morgan fingerprint density at radius 1 is 1.45 bits per heavy atom. The minimum absolute atomic E-state index is 0.212. The number of nitrogens with zero attached hydrogens (tertiary/aromatic N) is 1. The van der Waals surface area contributed by atoms with Crippen LogP contribution in [0.2, 0.25) is 0 Å². The fraction of sp³-hybridized carbons (Fsp3) is 0.471. The number of likely N-dealkylation sites (tertiary alicyclic amines) is 1. The van der Waals surface area contributed by atoms with E-state index in [9.17, 15) is 4.79 Å². The molecule has 0 aliphatic carbocycles. The Kier molecular flexibility index (Phi) is 6.41. The highest BCUT2D eigenvalue weighted by Gasteiger charge is 2.27. The Balaban J connectivity index is 1.84. The number of piperidine rings is 1. The van der Waals surface area contributed by atoms with Crippen molar-refractivity contribution >= 4 is 14.0 Å². The highest BCUT2D eigenvalue weighted by Crippen LogP contribution is 2.45. The van der Waals surface area contributed by atoms with E-state index in [1.807, 2.05) is 0 Å². The van der Waals surface area contributed by atoms with Gasteiger partial charge in [0.05, 0.1) is 0 Å². The number of urea groups is 1. The molecule has 3 unspecified atom stereocenters. The van der Waals surface area contributed by atoms with Gasteiger partial charge in [0.2, 0.25) is 0 Å². The van der Waals surface area contributed by atoms with Crippen molar-refractivity contribution in [3.05, 3.63) is 47.9 Å². The quantitative estimate of drug-likeness (QED) is 0.818. The van der Waals surface area contributed by atoms with Crippen LogP contribution in [-0.2, 0) is 6.54 Å². The summed E-state index contributed by atoms with van der Waals surface area (Å²) in [6, 6.07) is 10.8. The van der Waals surface area contributed by atoms with Crippen LogP contribution in [0.3, 0.4) is 0 Å². The van der Waals surface area contributed by atoms with E-state index in [0.717, 1.165) is 18.7 Å². The van der Waals surface area contributed by atoms with E-state index in [-0.39, 0.29) is 7.92 Å². The van der Waals surface area contributed by atoms with Gasteiger partial charge < -0.3 is 11.1 Å². The van der Waals surface area contributed by atoms with E-state index < -0.39 is 6.03 Å². The van der Waals surface area contributed by atoms with E-state index in [2.05, 4.69) is 60.0 Å². The summed E-state index contributed by atoms with van der Waals surface area (Å²) in [7, 11) is -0.212. The first-order chi connectivity index (χ1) is 10.6. The van der Waals surface area contributed by atoms with Crippen LogP contribution >= 0.6 is 7.92 Å². The molecular weight excluding hydrogens is 293 g/mol. The van der Waals surface area contributed by atoms with Crippen molar-refractivity contribution in [3.63, 3.8) is 0 Å². The fourth-order valence-corrected chi connectivity index (χ4v) is 4.69. The second kappa shape index (κ2) is 8.30. The maximum Gasteiger partial charge on any atom is 0.316 e. The first-order valence-corrected chi connectivity index (χ1v) is 9.71. The van der Waals surface area contributed by atoms with Gasteiger partial charge in [0.15, 0.2) is 0 Å². The number of hydrogen-bond acceptors (Lipinski definition) is 2. The van der Waals surface area contributed by atoms with E-state index in [1.54, 1.807) is 6.20 Å². The van der Waals surface area contributed by atoms with Crippen LogP contribution < -0.4 is 11.1 Å². The monoisotopic (exact) mass is 319 g/mol. The Morgan fingerprint density at radius 2 is 2.18 bits per heavy atom. The number of primary amides is 1. The van der Waals surface area contributed by atoms with Crippen LogP contribution in [0.25, 0.3) is 0 Å². The molecule has 2 rings (SSSR count). The molecule has 0 saturated carbocycles. The molecule has 1 saturated heterocycles. The molecule has 1 aromatic carbocycles. The van der Waals surface area contributed by atoms with Gasteiger partial charge in [-0.2, -0.15) is 0 Å². The van der Waals surface area contributed by atoms with Crippen molar-refractivity contribution in [1.82, 2.24) is 10.2 Å². The summed E-state index contributed by atoms with van der Waals surface area (Å²) in [6.07, 6.45) is 4.14. The molecule has 3 atom stereocenters. The van der Waals surface area contributed by atoms with Crippen molar-refractivity contribution < 1.29 is 4.79 Å². The first-order valence-electron chi connectivity index (χ1n) is 7.79. The van der Waals surface area contributed by atoms with Crippen LogP contribution in [-0.4, -0.2) is 35.8 Å². The largest absolute Gasteiger partial charge is 0.351 e. The van der Waals surface area contributed by atoms with Gasteiger partial charge in [-0.25, -0.2) is 4.79 Å². The Hall–Kier alpha value is -1.38. The summed E-state index contributed by atoms with van der Waals surface area (Å²) in [5.74, 6) is 2.12. The Bertz CT molecular complexity index is 506. The molecule has 0 radical (unpaired) electrons. The molecular formula is C17H26N3OP. The lowest BCUT2D eigenvalue weighted by Gasteiger charge is -2.39. The topological polar surface area (TPSA) is 58.4 Å². The fourth-order valence-electron chi connectivity index (χ4n) is 2.98. The molecule has 1 heterocycles. The number of rotatable bonds is 5. The van der Waals surface area contributed by atoms with Crippen molar-refractivity contribution in [3.8, 4) is 0 Å². The van der Waals surface area contributed by atoms with Crippen molar-refractivity contribution in [2.24, 2.45) is 5.73 Å². The predicted octanol–water partition coefficient (Wildman–Crippen LogP) is 3.29. The molecule has 1 fully saturated rings. The highest BCUT2D eigenvalue weighted by atomic mass is 31.1. The van der Waals surface area contributed by atoms with E-state index in [0.29, 0.717) is 6.04 Å². The first kappa shape index (κ1) is 17.0. The summed E-state index contributed by atoms with van der Waals surface area (Å²) >= 11 is 0. The second-order valence-electron chi connectivity index (χ2n) is 5.97. The van der Waals surface area contributed by atoms with Gasteiger partial charge in [-0.15, -0.1) is 0 Å². The number of nitrogens with two attached hydrogens (primary N) is 1. The second-order valence-corrected chi connectivity index (χ2v) is 8.33. The lowest BCUT2D eigenvalue weighted by Crippen LogP contribution is -2.41. The minimum atomic E-state index is -0.495. The molecule has 1 aliphatic rings. The molecule has 5 heteroatoms. The number of carbonyl (C=O) groups is 1. The van der Waals surface area contributed by atoms with Gasteiger partial charge in [-0.3, -0.25) is 4.90 Å². The SMILES string of the molecule is CC1CC(P(C)/C=C/NC(N)=O)CCN1Cc1ccccc1. The number of amides is 2. The standard InChI is InChI=1S/C17H26N3OP/c1-14-12-16(22(2)11-9-19-17(18)21)8-10-20(14)13-15-6-4-3-5-7-15/h3-7,9,11,14,16H,8,10,12-13H2,1-2H3,(H3,18,19,21)/b11-9+. The van der Waals surface area contributed by atoms with Gasteiger partial charge in [0, 0.05) is 18.8 Å². The Labute approximate surface area is 134 Å². The average molecular weight is 319 g/mol. The average Bonchev–Trinajstić information content (AvgIpc) is 2.50. The van der Waals surface area contributed by atoms with Gasteiger partial charge >= 0.3 is 6.03 Å². The van der Waals surface area contributed by atoms with Crippen LogP contribution in [0.4, 0.5) is 4.79 Å². The lowest BCUT2D eigenvalue weighted by molar-refractivity contribution is 0.155. The van der Waals surface area contributed by atoms with Crippen LogP contribution in [0.15, 0.2) is 42.3 Å². The third kappa shape index (κ3) is 5.11. The zero-order chi connectivity index (χ0) is 15.9. The third-order valence-electron chi connectivity index (χ3n) is 4.33. The van der Waals surface area contributed by atoms with Crippen LogP contribution in [0.1, 0.15) is 25.3 Å². The van der Waals surface area contributed by atoms with E-state index >= 15 is 0 Å². The van der Waals surface area contributed by atoms with Gasteiger partial charge in [-0.05, 0) is 50.0 Å². The molecule has 1 aliphatic heterocycles. The van der Waals surface area contributed by atoms with Gasteiger partial charge in [-0.1, -0.05) is 38.3 Å². The van der Waals surface area contributed by atoms with Crippen LogP contribution in [0, 0.1) is 0 Å². The Morgan fingerprint density at radius 3 is 2.82 bits per heavy atom. The molecule has 0 aromatic heterocycles. The zero-order valence-electron chi connectivity index (χ0n) is 13.4. The summed E-state index contributed by atoms with van der Waals surface area (Å²) in [6.45, 7) is 6.78. The number of nitrogens with one attached hydrogen (secondary N) is 1. The smallest absolute Gasteiger partial charge is 0.316 e. The van der Waals surface area contributed by atoms with Gasteiger partial charge in [0.1, 0.15) is 0 Å². The van der Waals surface area contributed by atoms with E-state index in [4.69, 9.17) is 5.73 Å². The van der Waals surface area contributed by atoms with Crippen LogP contribution in [0.5, 0.6) is 0 Å². The summed E-state index contributed by atoms with van der Waals surface area (Å²) in [5, 5.41) is 2.53. The molecule has 1 aromatic rings. The number of carbonyl (C=O) groups excluding carboxylic acids is 1. The molecule has 0 spiro atoms. The van der Waals surface area contributed by atoms with Crippen molar-refractivity contribution in [2.45, 2.75) is 38.0 Å². The summed E-state index contributed by atoms with van der Waals surface area (Å²) in [5.41, 5.74) is 7.18. The predicted molar refractivity (Wildman–Crippen MR) is 94.0 cm³/mol. The van der Waals surface area contributed by atoms with Crippen molar-refractivity contribution in [1.29, 1.82) is 0 Å². The minimum Gasteiger partial charge on any atom is -0.351 e. The summed E-state index contributed by atoms with van der Waals surface area (Å²) in [4.78, 5) is 13.3. The molecule has 4 nitrogen and oxygen atoms in total. The molecule has 2 amide bonds. The maximum atomic E-state index is 10.7. The molecule has 22 heavy (non-hydrogen) atoms. The molecule has 0 bridgehead atoms. The van der Waals surface area contributed by atoms with Crippen molar-refractivity contribution in [2.75, 3.05) is 13.2 Å². The third-order valence-corrected chi connectivity index (χ3v) is 6.57.